The van der Waals surface area contributed by atoms with Crippen LogP contribution in [0.25, 0.3) is 0 Å². The molecule has 2 atom stereocenters. The second-order valence-corrected chi connectivity index (χ2v) is 6.65. The van der Waals surface area contributed by atoms with Gasteiger partial charge in [-0.15, -0.1) is 0 Å². The molecular formula is C14H26O4. The molecule has 0 aromatic rings. The fourth-order valence-electron chi connectivity index (χ4n) is 2.19. The number of carbonyl (C=O) groups is 1. The van der Waals surface area contributed by atoms with Crippen LogP contribution in [-0.4, -0.2) is 35.0 Å². The molecule has 0 heterocycles. The van der Waals surface area contributed by atoms with Crippen LogP contribution in [0.3, 0.4) is 0 Å². The van der Waals surface area contributed by atoms with Gasteiger partial charge in [0.25, 0.3) is 0 Å². The van der Waals surface area contributed by atoms with Gasteiger partial charge in [-0.3, -0.25) is 4.79 Å². The number of carbonyl (C=O) groups excluding carboxylic acids is 1. The van der Waals surface area contributed by atoms with Crippen molar-refractivity contribution in [3.8, 4) is 0 Å². The summed E-state index contributed by atoms with van der Waals surface area (Å²) in [6.45, 7) is 7.24. The van der Waals surface area contributed by atoms with Crippen molar-refractivity contribution in [2.24, 2.45) is 10.8 Å². The minimum Gasteiger partial charge on any atom is -0.464 e. The highest BCUT2D eigenvalue weighted by molar-refractivity contribution is 5.75. The maximum absolute atomic E-state index is 11.8. The SMILES string of the molecule is CC(C)(C)C(=O)OCC1(C)[C@@H](O)CCCC[C@@H]1O. The molecule has 4 heteroatoms. The zero-order valence-corrected chi connectivity index (χ0v) is 11.9. The van der Waals surface area contributed by atoms with Crippen LogP contribution in [0.2, 0.25) is 0 Å². The van der Waals surface area contributed by atoms with Crippen LogP contribution in [0.5, 0.6) is 0 Å². The Kier molecular flexibility index (Phi) is 4.78. The van der Waals surface area contributed by atoms with Gasteiger partial charge in [-0.05, 0) is 33.6 Å². The lowest BCUT2D eigenvalue weighted by atomic mass is 9.78. The van der Waals surface area contributed by atoms with Crippen LogP contribution in [0.4, 0.5) is 0 Å². The Morgan fingerprint density at radius 3 is 2.06 bits per heavy atom. The average Bonchev–Trinajstić information content (AvgIpc) is 2.39. The third-order valence-electron chi connectivity index (χ3n) is 3.85. The van der Waals surface area contributed by atoms with Gasteiger partial charge in [0.2, 0.25) is 0 Å². The summed E-state index contributed by atoms with van der Waals surface area (Å²) in [6, 6.07) is 0. The van der Waals surface area contributed by atoms with E-state index in [1.165, 1.54) is 0 Å². The minimum atomic E-state index is -0.753. The largest absolute Gasteiger partial charge is 0.464 e. The minimum absolute atomic E-state index is 0.0748. The highest BCUT2D eigenvalue weighted by Crippen LogP contribution is 2.36. The van der Waals surface area contributed by atoms with Crippen LogP contribution >= 0.6 is 0 Å². The zero-order chi connectivity index (χ0) is 14.0. The molecule has 0 spiro atoms. The third-order valence-corrected chi connectivity index (χ3v) is 3.85. The van der Waals surface area contributed by atoms with Crippen LogP contribution in [-0.2, 0) is 9.53 Å². The second-order valence-electron chi connectivity index (χ2n) is 6.65. The number of esters is 1. The molecule has 4 nitrogen and oxygen atoms in total. The summed E-state index contributed by atoms with van der Waals surface area (Å²) < 4.78 is 5.29. The summed E-state index contributed by atoms with van der Waals surface area (Å²) in [5.41, 5.74) is -1.31. The molecule has 0 radical (unpaired) electrons. The summed E-state index contributed by atoms with van der Waals surface area (Å²) in [7, 11) is 0. The lowest BCUT2D eigenvalue weighted by molar-refractivity contribution is -0.164. The molecule has 1 saturated carbocycles. The molecule has 0 aromatic carbocycles. The van der Waals surface area contributed by atoms with E-state index in [-0.39, 0.29) is 12.6 Å². The van der Waals surface area contributed by atoms with Crippen molar-refractivity contribution in [2.75, 3.05) is 6.61 Å². The van der Waals surface area contributed by atoms with Gasteiger partial charge in [-0.2, -0.15) is 0 Å². The number of rotatable bonds is 2. The fourth-order valence-corrected chi connectivity index (χ4v) is 2.19. The van der Waals surface area contributed by atoms with Crippen molar-refractivity contribution in [3.63, 3.8) is 0 Å². The molecule has 0 amide bonds. The van der Waals surface area contributed by atoms with Crippen molar-refractivity contribution in [1.82, 2.24) is 0 Å². The predicted octanol–water partition coefficient (Wildman–Crippen LogP) is 1.88. The lowest BCUT2D eigenvalue weighted by Gasteiger charge is -2.37. The quantitative estimate of drug-likeness (QED) is 0.586. The first-order chi connectivity index (χ1) is 8.18. The Morgan fingerprint density at radius 1 is 1.22 bits per heavy atom. The molecule has 0 unspecified atom stereocenters. The first kappa shape index (κ1) is 15.4. The molecule has 1 rings (SSSR count). The van der Waals surface area contributed by atoms with Crippen molar-refractivity contribution >= 4 is 5.97 Å². The van der Waals surface area contributed by atoms with Gasteiger partial charge in [-0.1, -0.05) is 19.8 Å². The van der Waals surface area contributed by atoms with Crippen molar-refractivity contribution in [2.45, 2.75) is 65.6 Å². The summed E-state index contributed by atoms with van der Waals surface area (Å²) in [6.07, 6.45) is 1.87. The molecule has 0 saturated heterocycles. The van der Waals surface area contributed by atoms with Gasteiger partial charge in [0, 0.05) is 0 Å². The van der Waals surface area contributed by atoms with Crippen molar-refractivity contribution in [1.29, 1.82) is 0 Å². The fraction of sp³-hybridized carbons (Fsp3) is 0.929. The summed E-state index contributed by atoms with van der Waals surface area (Å²) in [5, 5.41) is 20.3. The van der Waals surface area contributed by atoms with E-state index in [2.05, 4.69) is 0 Å². The predicted molar refractivity (Wildman–Crippen MR) is 69.0 cm³/mol. The normalized spacial score (nSPS) is 28.6. The van der Waals surface area contributed by atoms with Crippen LogP contribution in [0.1, 0.15) is 53.4 Å². The number of hydrogen-bond donors (Lipinski definition) is 2. The van der Waals surface area contributed by atoms with E-state index in [1.54, 1.807) is 27.7 Å². The van der Waals surface area contributed by atoms with E-state index < -0.39 is 23.0 Å². The Morgan fingerprint density at radius 2 is 1.67 bits per heavy atom. The second kappa shape index (κ2) is 5.57. The monoisotopic (exact) mass is 258 g/mol. The topological polar surface area (TPSA) is 66.8 Å². The smallest absolute Gasteiger partial charge is 0.311 e. The maximum atomic E-state index is 11.8. The first-order valence-electron chi connectivity index (χ1n) is 6.71. The number of aliphatic hydroxyl groups excluding tert-OH is 2. The van der Waals surface area contributed by atoms with Crippen LogP contribution in [0, 0.1) is 10.8 Å². The van der Waals surface area contributed by atoms with E-state index in [4.69, 9.17) is 4.74 Å². The van der Waals surface area contributed by atoms with Crippen molar-refractivity contribution < 1.29 is 19.7 Å². The first-order valence-corrected chi connectivity index (χ1v) is 6.71. The van der Waals surface area contributed by atoms with E-state index >= 15 is 0 Å². The highest BCUT2D eigenvalue weighted by atomic mass is 16.5. The van der Waals surface area contributed by atoms with Crippen LogP contribution < -0.4 is 0 Å². The summed E-state index contributed by atoms with van der Waals surface area (Å²) in [4.78, 5) is 11.8. The van der Waals surface area contributed by atoms with Gasteiger partial charge in [0.05, 0.1) is 23.0 Å². The number of hydrogen-bond acceptors (Lipinski definition) is 4. The summed E-state index contributed by atoms with van der Waals surface area (Å²) in [5.74, 6) is -0.299. The number of ether oxygens (including phenoxy) is 1. The van der Waals surface area contributed by atoms with Crippen molar-refractivity contribution in [3.05, 3.63) is 0 Å². The molecule has 106 valence electrons. The van der Waals surface area contributed by atoms with Gasteiger partial charge in [0.1, 0.15) is 6.61 Å². The van der Waals surface area contributed by atoms with Gasteiger partial charge in [0.15, 0.2) is 0 Å². The standard InChI is InChI=1S/C14H26O4/c1-13(2,3)12(17)18-9-14(4)10(15)7-5-6-8-11(14)16/h10-11,15-16H,5-9H2,1-4H3/t10-,11-/m0/s1. The Bertz CT molecular complexity index is 281. The van der Waals surface area contributed by atoms with E-state index in [0.29, 0.717) is 12.8 Å². The lowest BCUT2D eigenvalue weighted by Crippen LogP contribution is -2.46. The molecular weight excluding hydrogens is 232 g/mol. The van der Waals surface area contributed by atoms with E-state index in [9.17, 15) is 15.0 Å². The molecule has 2 N–H and O–H groups in total. The Balaban J connectivity index is 2.69. The molecule has 0 aliphatic heterocycles. The highest BCUT2D eigenvalue weighted by Gasteiger charge is 2.43. The van der Waals surface area contributed by atoms with Crippen LogP contribution in [0.15, 0.2) is 0 Å². The Hall–Kier alpha value is -0.610. The van der Waals surface area contributed by atoms with Gasteiger partial charge < -0.3 is 14.9 Å². The molecule has 0 bridgehead atoms. The maximum Gasteiger partial charge on any atom is 0.311 e. The van der Waals surface area contributed by atoms with E-state index in [1.807, 2.05) is 0 Å². The molecule has 18 heavy (non-hydrogen) atoms. The third kappa shape index (κ3) is 3.45. The zero-order valence-electron chi connectivity index (χ0n) is 11.9. The molecule has 1 aliphatic rings. The Labute approximate surface area is 109 Å². The average molecular weight is 258 g/mol. The molecule has 0 aromatic heterocycles. The number of aliphatic hydroxyl groups is 2. The van der Waals surface area contributed by atoms with Gasteiger partial charge in [-0.25, -0.2) is 0 Å². The van der Waals surface area contributed by atoms with E-state index in [0.717, 1.165) is 12.8 Å². The summed E-state index contributed by atoms with van der Waals surface area (Å²) >= 11 is 0. The van der Waals surface area contributed by atoms with Gasteiger partial charge >= 0.3 is 5.97 Å². The molecule has 1 aliphatic carbocycles. The molecule has 1 fully saturated rings.